The van der Waals surface area contributed by atoms with Gasteiger partial charge < -0.3 is 15.5 Å². The van der Waals surface area contributed by atoms with Crippen LogP contribution in [-0.2, 0) is 6.42 Å². The van der Waals surface area contributed by atoms with Crippen molar-refractivity contribution in [2.24, 2.45) is 5.73 Å². The molecule has 0 amide bonds. The largest absolute Gasteiger partial charge is 0.363 e. The van der Waals surface area contributed by atoms with Gasteiger partial charge in [-0.05, 0) is 44.9 Å². The molecule has 0 saturated carbocycles. The molecule has 0 spiro atoms. The normalized spacial score (nSPS) is 31.5. The van der Waals surface area contributed by atoms with Crippen molar-refractivity contribution in [2.75, 3.05) is 31.6 Å². The number of anilines is 1. The molecule has 2 N–H and O–H groups in total. The lowest BCUT2D eigenvalue weighted by Gasteiger charge is -2.45. The van der Waals surface area contributed by atoms with Gasteiger partial charge in [0.15, 0.2) is 0 Å². The van der Waals surface area contributed by atoms with E-state index in [2.05, 4.69) is 48.0 Å². The molecular weight excluding hydrogens is 234 g/mol. The highest BCUT2D eigenvalue weighted by Crippen LogP contribution is 2.38. The number of fused-ring (bicyclic) bond motifs is 1. The van der Waals surface area contributed by atoms with E-state index in [1.807, 2.05) is 0 Å². The first-order valence-corrected chi connectivity index (χ1v) is 7.42. The third-order valence-corrected chi connectivity index (χ3v) is 5.03. The van der Waals surface area contributed by atoms with Crippen molar-refractivity contribution in [2.45, 2.75) is 37.8 Å². The van der Waals surface area contributed by atoms with Gasteiger partial charge in [0, 0.05) is 31.4 Å². The summed E-state index contributed by atoms with van der Waals surface area (Å²) in [6, 6.07) is 9.48. The monoisotopic (exact) mass is 259 g/mol. The average molecular weight is 259 g/mol. The molecule has 1 saturated heterocycles. The lowest BCUT2D eigenvalue weighted by Crippen LogP contribution is -2.57. The second kappa shape index (κ2) is 4.80. The smallest absolute Gasteiger partial charge is 0.0665 e. The number of benzene rings is 1. The minimum absolute atomic E-state index is 0.130. The molecule has 2 aliphatic rings. The summed E-state index contributed by atoms with van der Waals surface area (Å²) in [6.07, 6.45) is 3.63. The lowest BCUT2D eigenvalue weighted by molar-refractivity contribution is 0.314. The summed E-state index contributed by atoms with van der Waals surface area (Å²) in [7, 11) is 2.22. The van der Waals surface area contributed by atoms with E-state index >= 15 is 0 Å². The van der Waals surface area contributed by atoms with Crippen LogP contribution in [0.15, 0.2) is 24.3 Å². The van der Waals surface area contributed by atoms with Crippen LogP contribution in [0.3, 0.4) is 0 Å². The van der Waals surface area contributed by atoms with Crippen LogP contribution in [0.2, 0.25) is 0 Å². The molecule has 0 radical (unpaired) electrons. The molecule has 1 aromatic carbocycles. The molecule has 2 unspecified atom stereocenters. The molecule has 19 heavy (non-hydrogen) atoms. The molecule has 3 heteroatoms. The summed E-state index contributed by atoms with van der Waals surface area (Å²) in [5.41, 5.74) is 9.25. The maximum atomic E-state index is 6.21. The van der Waals surface area contributed by atoms with Gasteiger partial charge in [-0.1, -0.05) is 18.2 Å². The third kappa shape index (κ3) is 2.05. The van der Waals surface area contributed by atoms with E-state index < -0.39 is 0 Å². The van der Waals surface area contributed by atoms with Crippen molar-refractivity contribution in [3.05, 3.63) is 29.8 Å². The molecule has 1 fully saturated rings. The molecule has 3 nitrogen and oxygen atoms in total. The third-order valence-electron chi connectivity index (χ3n) is 5.03. The van der Waals surface area contributed by atoms with E-state index in [-0.39, 0.29) is 5.54 Å². The summed E-state index contributed by atoms with van der Waals surface area (Å²) in [5, 5.41) is 0. The van der Waals surface area contributed by atoms with Crippen molar-refractivity contribution in [3.8, 4) is 0 Å². The van der Waals surface area contributed by atoms with Crippen LogP contribution >= 0.6 is 0 Å². The fourth-order valence-electron chi connectivity index (χ4n) is 3.87. The van der Waals surface area contributed by atoms with Gasteiger partial charge in [0.05, 0.1) is 5.54 Å². The molecule has 0 aromatic heterocycles. The highest BCUT2D eigenvalue weighted by atomic mass is 15.3. The number of nitrogens with two attached hydrogens (primary N) is 1. The van der Waals surface area contributed by atoms with E-state index in [0.717, 1.165) is 19.6 Å². The Labute approximate surface area is 116 Å². The van der Waals surface area contributed by atoms with Gasteiger partial charge in [0.25, 0.3) is 0 Å². The van der Waals surface area contributed by atoms with Crippen molar-refractivity contribution in [3.63, 3.8) is 0 Å². The van der Waals surface area contributed by atoms with Crippen LogP contribution in [0.5, 0.6) is 0 Å². The van der Waals surface area contributed by atoms with Gasteiger partial charge in [-0.2, -0.15) is 0 Å². The van der Waals surface area contributed by atoms with Crippen LogP contribution in [0.1, 0.15) is 25.3 Å². The Bertz CT molecular complexity index is 447. The number of para-hydroxylation sites is 1. The Morgan fingerprint density at radius 1 is 1.37 bits per heavy atom. The number of hydrogen-bond donors (Lipinski definition) is 1. The Morgan fingerprint density at radius 2 is 2.16 bits per heavy atom. The van der Waals surface area contributed by atoms with Crippen LogP contribution < -0.4 is 10.6 Å². The Balaban J connectivity index is 1.98. The lowest BCUT2D eigenvalue weighted by atomic mass is 9.89. The van der Waals surface area contributed by atoms with E-state index in [1.54, 1.807) is 0 Å². The molecule has 2 atom stereocenters. The van der Waals surface area contributed by atoms with Gasteiger partial charge in [0.1, 0.15) is 0 Å². The Morgan fingerprint density at radius 3 is 2.84 bits per heavy atom. The van der Waals surface area contributed by atoms with Crippen LogP contribution in [-0.4, -0.2) is 43.2 Å². The van der Waals surface area contributed by atoms with Gasteiger partial charge in [-0.3, -0.25) is 0 Å². The van der Waals surface area contributed by atoms with Gasteiger partial charge in [-0.15, -0.1) is 0 Å². The number of aryl methyl sites for hydroxylation is 1. The maximum absolute atomic E-state index is 6.21. The number of likely N-dealkylation sites (N-methyl/N-ethyl adjacent to an activating group) is 1. The quantitative estimate of drug-likeness (QED) is 0.880. The molecular formula is C16H25N3. The SMILES string of the molecule is CC1CC(CN)(N2CCCc3ccccc32)CN1C. The summed E-state index contributed by atoms with van der Waals surface area (Å²) >= 11 is 0. The van der Waals surface area contributed by atoms with Crippen molar-refractivity contribution in [1.82, 2.24) is 4.90 Å². The minimum Gasteiger partial charge on any atom is -0.363 e. The summed E-state index contributed by atoms with van der Waals surface area (Å²) in [4.78, 5) is 5.05. The molecule has 1 aromatic rings. The van der Waals surface area contributed by atoms with Crippen LogP contribution in [0.4, 0.5) is 5.69 Å². The van der Waals surface area contributed by atoms with Crippen LogP contribution in [0.25, 0.3) is 0 Å². The van der Waals surface area contributed by atoms with Gasteiger partial charge in [0.2, 0.25) is 0 Å². The zero-order valence-corrected chi connectivity index (χ0v) is 12.1. The number of rotatable bonds is 2. The molecule has 0 bridgehead atoms. The van der Waals surface area contributed by atoms with Gasteiger partial charge in [-0.25, -0.2) is 0 Å². The molecule has 104 valence electrons. The maximum Gasteiger partial charge on any atom is 0.0665 e. The van der Waals surface area contributed by atoms with Crippen molar-refractivity contribution >= 4 is 5.69 Å². The zero-order chi connectivity index (χ0) is 13.5. The van der Waals surface area contributed by atoms with E-state index in [0.29, 0.717) is 6.04 Å². The van der Waals surface area contributed by atoms with Gasteiger partial charge >= 0.3 is 0 Å². The second-order valence-corrected chi connectivity index (χ2v) is 6.28. The predicted molar refractivity (Wildman–Crippen MR) is 80.6 cm³/mol. The topological polar surface area (TPSA) is 32.5 Å². The van der Waals surface area contributed by atoms with E-state index in [1.165, 1.54) is 30.5 Å². The van der Waals surface area contributed by atoms with Crippen LogP contribution in [0, 0.1) is 0 Å². The Hall–Kier alpha value is -1.06. The number of nitrogens with zero attached hydrogens (tertiary/aromatic N) is 2. The van der Waals surface area contributed by atoms with Crippen molar-refractivity contribution in [1.29, 1.82) is 0 Å². The first-order valence-electron chi connectivity index (χ1n) is 7.42. The first-order chi connectivity index (χ1) is 9.16. The van der Waals surface area contributed by atoms with E-state index in [4.69, 9.17) is 5.73 Å². The molecule has 3 rings (SSSR count). The summed E-state index contributed by atoms with van der Waals surface area (Å²) in [6.45, 7) is 5.29. The molecule has 0 aliphatic carbocycles. The predicted octanol–water partition coefficient (Wildman–Crippen LogP) is 1.86. The molecule has 2 heterocycles. The number of likely N-dealkylation sites (tertiary alicyclic amines) is 1. The first kappa shape index (κ1) is 12.9. The summed E-state index contributed by atoms with van der Waals surface area (Å²) < 4.78 is 0. The number of hydrogen-bond acceptors (Lipinski definition) is 3. The fraction of sp³-hybridized carbons (Fsp3) is 0.625. The highest BCUT2D eigenvalue weighted by molar-refractivity contribution is 5.58. The second-order valence-electron chi connectivity index (χ2n) is 6.28. The average Bonchev–Trinajstić information content (AvgIpc) is 2.74. The molecule has 2 aliphatic heterocycles. The fourth-order valence-corrected chi connectivity index (χ4v) is 3.87. The highest BCUT2D eigenvalue weighted by Gasteiger charge is 2.45. The Kier molecular flexibility index (Phi) is 3.27. The van der Waals surface area contributed by atoms with Crippen molar-refractivity contribution < 1.29 is 0 Å². The summed E-state index contributed by atoms with van der Waals surface area (Å²) in [5.74, 6) is 0. The standard InChI is InChI=1S/C16H25N3/c1-13-10-16(11-17,12-18(13)2)19-9-5-7-14-6-3-4-8-15(14)19/h3-4,6,8,13H,5,7,9-12,17H2,1-2H3. The van der Waals surface area contributed by atoms with E-state index in [9.17, 15) is 0 Å². The zero-order valence-electron chi connectivity index (χ0n) is 12.1. The minimum atomic E-state index is 0.130.